The van der Waals surface area contributed by atoms with E-state index in [1.54, 1.807) is 40.4 Å². The molecular weight excluding hydrogens is 470 g/mol. The van der Waals surface area contributed by atoms with E-state index in [0.717, 1.165) is 5.56 Å². The first kappa shape index (κ1) is 25.9. The number of para-hydroxylation sites is 2. The summed E-state index contributed by atoms with van der Waals surface area (Å²) in [5.74, 6) is 1.64. The average molecular weight is 500 g/mol. The summed E-state index contributed by atoms with van der Waals surface area (Å²) in [6.07, 6.45) is 0.716. The van der Waals surface area contributed by atoms with Crippen molar-refractivity contribution in [2.45, 2.75) is 19.8 Å². The van der Waals surface area contributed by atoms with E-state index in [4.69, 9.17) is 23.7 Å². The predicted molar refractivity (Wildman–Crippen MR) is 135 cm³/mol. The van der Waals surface area contributed by atoms with Crippen molar-refractivity contribution in [2.75, 3.05) is 39.9 Å². The Kier molecular flexibility index (Phi) is 9.37. The summed E-state index contributed by atoms with van der Waals surface area (Å²) in [5, 5.41) is 5.10. The molecule has 0 unspecified atom stereocenters. The number of rotatable bonds is 12. The third-order valence-electron chi connectivity index (χ3n) is 5.09. The molecular formula is C26H29NO7S. The molecule has 0 bridgehead atoms. The second kappa shape index (κ2) is 12.7. The van der Waals surface area contributed by atoms with Gasteiger partial charge in [0.15, 0.2) is 23.0 Å². The second-order valence-electron chi connectivity index (χ2n) is 7.29. The van der Waals surface area contributed by atoms with Crippen LogP contribution in [-0.4, -0.2) is 46.4 Å². The maximum absolute atomic E-state index is 12.8. The quantitative estimate of drug-likeness (QED) is 0.263. The Labute approximate surface area is 208 Å². The summed E-state index contributed by atoms with van der Waals surface area (Å²) in [7, 11) is 4.68. The molecule has 0 saturated carbocycles. The Bertz CT molecular complexity index is 1160. The molecule has 0 saturated heterocycles. The van der Waals surface area contributed by atoms with Gasteiger partial charge in [-0.2, -0.15) is 0 Å². The van der Waals surface area contributed by atoms with Crippen LogP contribution in [-0.2, 0) is 9.53 Å². The normalized spacial score (nSPS) is 10.4. The average Bonchev–Trinajstić information content (AvgIpc) is 3.29. The van der Waals surface area contributed by atoms with Crippen molar-refractivity contribution in [3.63, 3.8) is 0 Å². The molecule has 0 aliphatic rings. The Balaban J connectivity index is 1.71. The fourth-order valence-electron chi connectivity index (χ4n) is 3.41. The van der Waals surface area contributed by atoms with Gasteiger partial charge in [0.05, 0.1) is 34.5 Å². The van der Waals surface area contributed by atoms with Gasteiger partial charge >= 0.3 is 5.97 Å². The molecule has 1 heterocycles. The van der Waals surface area contributed by atoms with Crippen molar-refractivity contribution in [1.29, 1.82) is 0 Å². The second-order valence-corrected chi connectivity index (χ2v) is 8.17. The summed E-state index contributed by atoms with van der Waals surface area (Å²) in [6, 6.07) is 12.7. The van der Waals surface area contributed by atoms with Crippen LogP contribution in [0.5, 0.6) is 23.0 Å². The largest absolute Gasteiger partial charge is 0.493 e. The number of nitrogens with one attached hydrogen (secondary N) is 1. The maximum Gasteiger partial charge on any atom is 0.341 e. The molecule has 1 N–H and O–H groups in total. The number of esters is 1. The first-order valence-corrected chi connectivity index (χ1v) is 12.0. The maximum atomic E-state index is 12.8. The van der Waals surface area contributed by atoms with E-state index in [9.17, 15) is 9.59 Å². The summed E-state index contributed by atoms with van der Waals surface area (Å²) >= 11 is 1.27. The summed E-state index contributed by atoms with van der Waals surface area (Å²) in [5.41, 5.74) is 1.69. The van der Waals surface area contributed by atoms with Gasteiger partial charge in [0.2, 0.25) is 5.91 Å². The number of carbonyl (C=O) groups is 2. The number of ether oxygens (including phenoxy) is 5. The number of amides is 1. The Hall–Kier alpha value is -3.72. The fraction of sp³-hybridized carbons (Fsp3) is 0.308. The zero-order valence-corrected chi connectivity index (χ0v) is 21.0. The van der Waals surface area contributed by atoms with Gasteiger partial charge in [-0.25, -0.2) is 4.79 Å². The first-order chi connectivity index (χ1) is 17.0. The number of methoxy groups -OCH3 is 3. The van der Waals surface area contributed by atoms with Crippen LogP contribution in [0.3, 0.4) is 0 Å². The smallest absolute Gasteiger partial charge is 0.341 e. The zero-order valence-electron chi connectivity index (χ0n) is 20.2. The SMILES string of the molecule is CCOC(=O)c1c(-c2ccc(OC)c(OC)c2)csc1NC(=O)CCCOc1ccccc1OC. The van der Waals surface area contributed by atoms with E-state index >= 15 is 0 Å². The topological polar surface area (TPSA) is 92.3 Å². The minimum Gasteiger partial charge on any atom is -0.493 e. The fourth-order valence-corrected chi connectivity index (χ4v) is 4.39. The number of carbonyl (C=O) groups excluding carboxylic acids is 2. The molecule has 2 aromatic carbocycles. The van der Waals surface area contributed by atoms with E-state index in [1.807, 2.05) is 35.7 Å². The van der Waals surface area contributed by atoms with E-state index in [0.29, 0.717) is 52.2 Å². The van der Waals surface area contributed by atoms with Crippen molar-refractivity contribution < 1.29 is 33.3 Å². The van der Waals surface area contributed by atoms with Gasteiger partial charge in [0.1, 0.15) is 10.6 Å². The summed E-state index contributed by atoms with van der Waals surface area (Å²) < 4.78 is 27.0. The zero-order chi connectivity index (χ0) is 25.2. The lowest BCUT2D eigenvalue weighted by Gasteiger charge is -2.12. The van der Waals surface area contributed by atoms with Crippen molar-refractivity contribution in [3.8, 4) is 34.1 Å². The van der Waals surface area contributed by atoms with E-state index in [-0.39, 0.29) is 18.9 Å². The molecule has 0 atom stereocenters. The van der Waals surface area contributed by atoms with Crippen LogP contribution in [0.4, 0.5) is 5.00 Å². The molecule has 3 rings (SSSR count). The monoisotopic (exact) mass is 499 g/mol. The van der Waals surface area contributed by atoms with Crippen LogP contribution in [0, 0.1) is 0 Å². The molecule has 0 spiro atoms. The third-order valence-corrected chi connectivity index (χ3v) is 5.99. The standard InChI is InChI=1S/C26H29NO7S/c1-5-33-26(29)24-18(17-12-13-20(31-3)22(15-17)32-4)16-35-25(24)27-23(28)11-8-14-34-21-10-7-6-9-19(21)30-2/h6-7,9-10,12-13,15-16H,5,8,11,14H2,1-4H3,(H,27,28). The number of benzene rings is 2. The lowest BCUT2D eigenvalue weighted by molar-refractivity contribution is -0.116. The molecule has 35 heavy (non-hydrogen) atoms. The molecule has 0 aliphatic carbocycles. The van der Waals surface area contributed by atoms with Crippen molar-refractivity contribution >= 4 is 28.2 Å². The molecule has 9 heteroatoms. The van der Waals surface area contributed by atoms with Gasteiger partial charge in [-0.3, -0.25) is 4.79 Å². The van der Waals surface area contributed by atoms with Gasteiger partial charge in [0.25, 0.3) is 0 Å². The highest BCUT2D eigenvalue weighted by Crippen LogP contribution is 2.39. The molecule has 0 fully saturated rings. The van der Waals surface area contributed by atoms with Crippen LogP contribution >= 0.6 is 11.3 Å². The van der Waals surface area contributed by atoms with E-state index in [2.05, 4.69) is 5.32 Å². The van der Waals surface area contributed by atoms with E-state index < -0.39 is 5.97 Å². The summed E-state index contributed by atoms with van der Waals surface area (Å²) in [4.78, 5) is 25.4. The Morgan fingerprint density at radius 2 is 1.60 bits per heavy atom. The number of hydrogen-bond acceptors (Lipinski definition) is 8. The first-order valence-electron chi connectivity index (χ1n) is 11.1. The Morgan fingerprint density at radius 3 is 2.29 bits per heavy atom. The molecule has 8 nitrogen and oxygen atoms in total. The van der Waals surface area contributed by atoms with Crippen molar-refractivity contribution in [2.24, 2.45) is 0 Å². The van der Waals surface area contributed by atoms with Crippen molar-refractivity contribution in [1.82, 2.24) is 0 Å². The molecule has 3 aromatic rings. The highest BCUT2D eigenvalue weighted by Gasteiger charge is 2.23. The van der Waals surface area contributed by atoms with Crippen LogP contribution < -0.4 is 24.3 Å². The van der Waals surface area contributed by atoms with Gasteiger partial charge in [-0.1, -0.05) is 18.2 Å². The number of anilines is 1. The molecule has 186 valence electrons. The van der Waals surface area contributed by atoms with Gasteiger partial charge < -0.3 is 29.0 Å². The van der Waals surface area contributed by atoms with Crippen LogP contribution in [0.1, 0.15) is 30.1 Å². The van der Waals surface area contributed by atoms with Gasteiger partial charge in [-0.15, -0.1) is 11.3 Å². The van der Waals surface area contributed by atoms with Crippen LogP contribution in [0.25, 0.3) is 11.1 Å². The predicted octanol–water partition coefficient (Wildman–Crippen LogP) is 5.42. The lowest BCUT2D eigenvalue weighted by atomic mass is 10.0. The summed E-state index contributed by atoms with van der Waals surface area (Å²) in [6.45, 7) is 2.30. The van der Waals surface area contributed by atoms with Gasteiger partial charge in [0, 0.05) is 17.4 Å². The highest BCUT2D eigenvalue weighted by molar-refractivity contribution is 7.15. The van der Waals surface area contributed by atoms with Gasteiger partial charge in [-0.05, 0) is 43.2 Å². The Morgan fingerprint density at radius 1 is 0.914 bits per heavy atom. The van der Waals surface area contributed by atoms with Crippen molar-refractivity contribution in [3.05, 3.63) is 53.4 Å². The molecule has 0 radical (unpaired) electrons. The number of hydrogen-bond donors (Lipinski definition) is 1. The lowest BCUT2D eigenvalue weighted by Crippen LogP contribution is -2.15. The minimum atomic E-state index is -0.506. The van der Waals surface area contributed by atoms with Crippen LogP contribution in [0.2, 0.25) is 0 Å². The minimum absolute atomic E-state index is 0.216. The van der Waals surface area contributed by atoms with E-state index in [1.165, 1.54) is 11.3 Å². The van der Waals surface area contributed by atoms with Crippen LogP contribution in [0.15, 0.2) is 47.8 Å². The molecule has 1 amide bonds. The highest BCUT2D eigenvalue weighted by atomic mass is 32.1. The molecule has 0 aliphatic heterocycles. The molecule has 1 aromatic heterocycles. The third kappa shape index (κ3) is 6.45. The number of thiophene rings is 1.